The lowest BCUT2D eigenvalue weighted by atomic mass is 10.0. The highest BCUT2D eigenvalue weighted by Crippen LogP contribution is 2.26. The zero-order chi connectivity index (χ0) is 18.6. The third kappa shape index (κ3) is 3.84. The van der Waals surface area contributed by atoms with Crippen LogP contribution < -0.4 is 15.7 Å². The molecule has 2 heterocycles. The number of fused-ring (bicyclic) bond motifs is 1. The van der Waals surface area contributed by atoms with Crippen LogP contribution in [0.3, 0.4) is 0 Å². The Labute approximate surface area is 158 Å². The predicted octanol–water partition coefficient (Wildman–Crippen LogP) is 1.79. The molecule has 7 heteroatoms. The van der Waals surface area contributed by atoms with E-state index in [2.05, 4.69) is 50.5 Å². The summed E-state index contributed by atoms with van der Waals surface area (Å²) in [5.41, 5.74) is 6.01. The van der Waals surface area contributed by atoms with Gasteiger partial charge in [-0.15, -0.1) is 0 Å². The smallest absolute Gasteiger partial charge is 0.277 e. The number of amides is 1. The van der Waals surface area contributed by atoms with Gasteiger partial charge in [-0.2, -0.15) is 0 Å². The van der Waals surface area contributed by atoms with Crippen LogP contribution in [0.4, 0.5) is 5.95 Å². The molecule has 0 radical (unpaired) electrons. The molecule has 1 fully saturated rings. The molecule has 0 atom stereocenters. The topological polar surface area (TPSA) is 90.4 Å². The Bertz CT molecular complexity index is 842. The lowest BCUT2D eigenvalue weighted by molar-refractivity contribution is 0.0705. The Morgan fingerprint density at radius 1 is 1.19 bits per heavy atom. The SMILES string of the molecule is O=C(NO)c1cnc(N2CCC(NCC3=CCc4ccccc43)CC2)nc1. The van der Waals surface area contributed by atoms with E-state index in [0.29, 0.717) is 12.0 Å². The maximum Gasteiger partial charge on any atom is 0.277 e. The van der Waals surface area contributed by atoms with Crippen LogP contribution in [0.2, 0.25) is 0 Å². The van der Waals surface area contributed by atoms with E-state index >= 15 is 0 Å². The zero-order valence-corrected chi connectivity index (χ0v) is 15.1. The minimum absolute atomic E-state index is 0.239. The van der Waals surface area contributed by atoms with Crippen LogP contribution in [0, 0.1) is 0 Å². The summed E-state index contributed by atoms with van der Waals surface area (Å²) in [6.45, 7) is 2.65. The van der Waals surface area contributed by atoms with Gasteiger partial charge in [0.2, 0.25) is 5.95 Å². The molecule has 0 unspecified atom stereocenters. The van der Waals surface area contributed by atoms with E-state index in [1.54, 1.807) is 5.48 Å². The second-order valence-electron chi connectivity index (χ2n) is 6.95. The summed E-state index contributed by atoms with van der Waals surface area (Å²) in [5, 5.41) is 12.3. The van der Waals surface area contributed by atoms with Crippen molar-refractivity contribution in [2.45, 2.75) is 25.3 Å². The van der Waals surface area contributed by atoms with Crippen molar-refractivity contribution in [2.75, 3.05) is 24.5 Å². The number of hydrogen-bond donors (Lipinski definition) is 3. The minimum Gasteiger partial charge on any atom is -0.341 e. The molecule has 1 aromatic carbocycles. The van der Waals surface area contributed by atoms with E-state index in [4.69, 9.17) is 5.21 Å². The molecule has 1 amide bonds. The molecule has 4 rings (SSSR count). The van der Waals surface area contributed by atoms with Gasteiger partial charge in [-0.25, -0.2) is 15.4 Å². The van der Waals surface area contributed by atoms with Crippen molar-refractivity contribution in [1.82, 2.24) is 20.8 Å². The van der Waals surface area contributed by atoms with Crippen LogP contribution in [0.15, 0.2) is 42.7 Å². The van der Waals surface area contributed by atoms with Gasteiger partial charge in [0.1, 0.15) is 0 Å². The number of carbonyl (C=O) groups excluding carboxylic acids is 1. The first-order valence-corrected chi connectivity index (χ1v) is 9.26. The highest BCUT2D eigenvalue weighted by molar-refractivity contribution is 5.92. The first kappa shape index (κ1) is 17.6. The van der Waals surface area contributed by atoms with Crippen LogP contribution in [-0.2, 0) is 6.42 Å². The number of rotatable bonds is 5. The fourth-order valence-electron chi connectivity index (χ4n) is 3.73. The number of nitrogens with zero attached hydrogens (tertiary/aromatic N) is 3. The molecule has 0 bridgehead atoms. The highest BCUT2D eigenvalue weighted by atomic mass is 16.5. The highest BCUT2D eigenvalue weighted by Gasteiger charge is 2.22. The molecular weight excluding hydrogens is 342 g/mol. The van der Waals surface area contributed by atoms with Gasteiger partial charge in [0.05, 0.1) is 5.56 Å². The molecule has 27 heavy (non-hydrogen) atoms. The number of aromatic nitrogens is 2. The van der Waals surface area contributed by atoms with E-state index < -0.39 is 5.91 Å². The van der Waals surface area contributed by atoms with Crippen molar-refractivity contribution in [3.8, 4) is 0 Å². The molecular formula is C20H23N5O2. The van der Waals surface area contributed by atoms with E-state index in [1.165, 1.54) is 29.1 Å². The number of hydrogen-bond acceptors (Lipinski definition) is 6. The second kappa shape index (κ2) is 7.85. The Morgan fingerprint density at radius 3 is 2.67 bits per heavy atom. The first-order valence-electron chi connectivity index (χ1n) is 9.26. The van der Waals surface area contributed by atoms with Crippen LogP contribution in [0.1, 0.15) is 34.3 Å². The Balaban J connectivity index is 1.28. The second-order valence-corrected chi connectivity index (χ2v) is 6.95. The van der Waals surface area contributed by atoms with E-state index in [0.717, 1.165) is 38.9 Å². The molecule has 140 valence electrons. The molecule has 2 aromatic rings. The molecule has 1 aliphatic carbocycles. The molecule has 1 aliphatic heterocycles. The zero-order valence-electron chi connectivity index (χ0n) is 15.1. The summed E-state index contributed by atoms with van der Waals surface area (Å²) in [6.07, 6.45) is 8.27. The fourth-order valence-corrected chi connectivity index (χ4v) is 3.73. The molecule has 0 saturated carbocycles. The summed E-state index contributed by atoms with van der Waals surface area (Å²) in [4.78, 5) is 21.9. The van der Waals surface area contributed by atoms with Gasteiger partial charge in [0.15, 0.2) is 0 Å². The van der Waals surface area contributed by atoms with Crippen LogP contribution in [0.25, 0.3) is 5.57 Å². The third-order valence-electron chi connectivity index (χ3n) is 5.29. The third-order valence-corrected chi connectivity index (χ3v) is 5.29. The summed E-state index contributed by atoms with van der Waals surface area (Å²) in [5.74, 6) is 0.0163. The summed E-state index contributed by atoms with van der Waals surface area (Å²) < 4.78 is 0. The number of piperidine rings is 1. The number of anilines is 1. The number of benzene rings is 1. The van der Waals surface area contributed by atoms with E-state index in [-0.39, 0.29) is 5.56 Å². The van der Waals surface area contributed by atoms with E-state index in [1.807, 2.05) is 0 Å². The molecule has 7 nitrogen and oxygen atoms in total. The Morgan fingerprint density at radius 2 is 1.93 bits per heavy atom. The van der Waals surface area contributed by atoms with Gasteiger partial charge in [-0.1, -0.05) is 30.3 Å². The Kier molecular flexibility index (Phi) is 5.13. The number of carbonyl (C=O) groups is 1. The quantitative estimate of drug-likeness (QED) is 0.553. The normalized spacial score (nSPS) is 16.8. The summed E-state index contributed by atoms with van der Waals surface area (Å²) >= 11 is 0. The van der Waals surface area contributed by atoms with Gasteiger partial charge in [0.25, 0.3) is 5.91 Å². The van der Waals surface area contributed by atoms with Gasteiger partial charge in [-0.3, -0.25) is 10.0 Å². The van der Waals surface area contributed by atoms with Crippen LogP contribution in [0.5, 0.6) is 0 Å². The Hall–Kier alpha value is -2.77. The van der Waals surface area contributed by atoms with Crippen molar-refractivity contribution in [3.63, 3.8) is 0 Å². The number of hydroxylamine groups is 1. The van der Waals surface area contributed by atoms with Crippen molar-refractivity contribution >= 4 is 17.4 Å². The standard InChI is InChI=1S/C20H23N5O2/c26-19(24-27)16-12-22-20(23-13-16)25-9-7-17(8-10-25)21-11-15-6-5-14-3-1-2-4-18(14)15/h1-4,6,12-13,17,21,27H,5,7-11H2,(H,24,26). The molecule has 2 aliphatic rings. The lowest BCUT2D eigenvalue weighted by Crippen LogP contribution is -2.43. The summed E-state index contributed by atoms with van der Waals surface area (Å²) in [7, 11) is 0. The van der Waals surface area contributed by atoms with Gasteiger partial charge in [-0.05, 0) is 36.0 Å². The maximum atomic E-state index is 11.3. The average Bonchev–Trinajstić information content (AvgIpc) is 3.15. The van der Waals surface area contributed by atoms with Crippen LogP contribution >= 0.6 is 0 Å². The van der Waals surface area contributed by atoms with Gasteiger partial charge in [0, 0.05) is 38.1 Å². The largest absolute Gasteiger partial charge is 0.341 e. The average molecular weight is 365 g/mol. The molecule has 1 saturated heterocycles. The van der Waals surface area contributed by atoms with Crippen molar-refractivity contribution in [3.05, 3.63) is 59.4 Å². The first-order chi connectivity index (χ1) is 13.2. The predicted molar refractivity (Wildman–Crippen MR) is 103 cm³/mol. The minimum atomic E-state index is -0.604. The molecule has 3 N–H and O–H groups in total. The monoisotopic (exact) mass is 365 g/mol. The fraction of sp³-hybridized carbons (Fsp3) is 0.350. The van der Waals surface area contributed by atoms with Gasteiger partial charge < -0.3 is 10.2 Å². The van der Waals surface area contributed by atoms with Gasteiger partial charge >= 0.3 is 0 Å². The number of allylic oxidation sites excluding steroid dienone is 1. The lowest BCUT2D eigenvalue weighted by Gasteiger charge is -2.32. The maximum absolute atomic E-state index is 11.3. The van der Waals surface area contributed by atoms with E-state index in [9.17, 15) is 4.79 Å². The molecule has 0 spiro atoms. The number of nitrogens with one attached hydrogen (secondary N) is 2. The van der Waals surface area contributed by atoms with Crippen molar-refractivity contribution in [2.24, 2.45) is 0 Å². The van der Waals surface area contributed by atoms with Crippen molar-refractivity contribution < 1.29 is 10.0 Å². The summed E-state index contributed by atoms with van der Waals surface area (Å²) in [6, 6.07) is 9.09. The van der Waals surface area contributed by atoms with Crippen molar-refractivity contribution in [1.29, 1.82) is 0 Å². The molecule has 1 aromatic heterocycles. The van der Waals surface area contributed by atoms with Crippen LogP contribution in [-0.4, -0.2) is 46.8 Å².